The highest BCUT2D eigenvalue weighted by Gasteiger charge is 2.31. The van der Waals surface area contributed by atoms with Crippen molar-refractivity contribution in [2.75, 3.05) is 32.8 Å². The van der Waals surface area contributed by atoms with Crippen LogP contribution in [0.1, 0.15) is 47.5 Å². The van der Waals surface area contributed by atoms with E-state index in [1.54, 1.807) is 11.3 Å². The first kappa shape index (κ1) is 18.7. The number of aromatic nitrogens is 1. The van der Waals surface area contributed by atoms with Crippen molar-refractivity contribution in [1.29, 1.82) is 0 Å². The molecular formula is C21H29N3O2S. The Morgan fingerprint density at radius 1 is 1.19 bits per heavy atom. The number of fused-ring (bicyclic) bond motifs is 1. The Balaban J connectivity index is 1.55. The fraction of sp³-hybridized carbons (Fsp3) is 0.571. The molecule has 0 spiro atoms. The van der Waals surface area contributed by atoms with Gasteiger partial charge in [-0.15, -0.1) is 11.3 Å². The molecule has 0 aromatic carbocycles. The Morgan fingerprint density at radius 2 is 1.89 bits per heavy atom. The third-order valence-corrected chi connectivity index (χ3v) is 7.07. The maximum absolute atomic E-state index is 13.3. The summed E-state index contributed by atoms with van der Waals surface area (Å²) < 4.78 is 7.56. The van der Waals surface area contributed by atoms with Gasteiger partial charge in [0, 0.05) is 42.4 Å². The normalized spacial score (nSPS) is 18.3. The van der Waals surface area contributed by atoms with Gasteiger partial charge in [-0.3, -0.25) is 9.69 Å². The van der Waals surface area contributed by atoms with Crippen LogP contribution in [0.2, 0.25) is 0 Å². The third-order valence-electron chi connectivity index (χ3n) is 5.77. The first-order chi connectivity index (χ1) is 13.1. The highest BCUT2D eigenvalue weighted by molar-refractivity contribution is 7.15. The zero-order valence-corrected chi connectivity index (χ0v) is 17.1. The number of carbonyl (C=O) groups is 1. The van der Waals surface area contributed by atoms with Crippen molar-refractivity contribution in [2.24, 2.45) is 0 Å². The summed E-state index contributed by atoms with van der Waals surface area (Å²) in [6.45, 7) is 8.43. The van der Waals surface area contributed by atoms with E-state index in [2.05, 4.69) is 28.6 Å². The van der Waals surface area contributed by atoms with E-state index in [1.807, 2.05) is 24.5 Å². The number of rotatable bonds is 5. The van der Waals surface area contributed by atoms with Crippen molar-refractivity contribution in [2.45, 2.75) is 45.1 Å². The van der Waals surface area contributed by atoms with E-state index >= 15 is 0 Å². The van der Waals surface area contributed by atoms with E-state index in [-0.39, 0.29) is 11.4 Å². The van der Waals surface area contributed by atoms with Gasteiger partial charge in [0.2, 0.25) is 0 Å². The summed E-state index contributed by atoms with van der Waals surface area (Å²) in [5, 5.41) is 4.31. The number of hydrogen-bond donors (Lipinski definition) is 1. The van der Waals surface area contributed by atoms with Crippen LogP contribution in [0, 0.1) is 0 Å². The average Bonchev–Trinajstić information content (AvgIpc) is 3.34. The van der Waals surface area contributed by atoms with Gasteiger partial charge in [-0.05, 0) is 57.2 Å². The van der Waals surface area contributed by atoms with Gasteiger partial charge in [-0.25, -0.2) is 0 Å². The highest BCUT2D eigenvalue weighted by Crippen LogP contribution is 2.37. The van der Waals surface area contributed by atoms with Crippen molar-refractivity contribution in [3.63, 3.8) is 0 Å². The maximum atomic E-state index is 13.3. The number of amides is 1. The molecule has 0 radical (unpaired) electrons. The predicted octanol–water partition coefficient (Wildman–Crippen LogP) is 3.26. The SMILES string of the molecule is CC(C)(CNC(=O)c1c(-n2cccc2)sc2c1CCCC2)N1CCOCC1. The summed E-state index contributed by atoms with van der Waals surface area (Å²) in [5.41, 5.74) is 2.09. The van der Waals surface area contributed by atoms with Gasteiger partial charge >= 0.3 is 0 Å². The zero-order chi connectivity index (χ0) is 18.9. The Hall–Kier alpha value is -1.63. The number of thiophene rings is 1. The second-order valence-electron chi connectivity index (χ2n) is 8.08. The largest absolute Gasteiger partial charge is 0.379 e. The molecule has 0 unspecified atom stereocenters. The Bertz CT molecular complexity index is 789. The molecule has 1 saturated heterocycles. The van der Waals surface area contributed by atoms with E-state index in [4.69, 9.17) is 4.74 Å². The minimum atomic E-state index is -0.0802. The molecule has 0 saturated carbocycles. The van der Waals surface area contributed by atoms with Gasteiger partial charge in [-0.1, -0.05) is 0 Å². The summed E-state index contributed by atoms with van der Waals surface area (Å²) in [4.78, 5) is 17.1. The molecule has 0 atom stereocenters. The number of aryl methyl sites for hydroxylation is 1. The number of carbonyl (C=O) groups excluding carboxylic acids is 1. The van der Waals surface area contributed by atoms with Crippen molar-refractivity contribution in [1.82, 2.24) is 14.8 Å². The lowest BCUT2D eigenvalue weighted by Crippen LogP contribution is -2.55. The van der Waals surface area contributed by atoms with E-state index in [9.17, 15) is 4.79 Å². The lowest BCUT2D eigenvalue weighted by Gasteiger charge is -2.40. The van der Waals surface area contributed by atoms with Crippen LogP contribution in [0.3, 0.4) is 0 Å². The van der Waals surface area contributed by atoms with Gasteiger partial charge in [0.1, 0.15) is 5.00 Å². The molecule has 1 aliphatic carbocycles. The Kier molecular flexibility index (Phi) is 5.39. The molecule has 0 bridgehead atoms. The molecule has 3 heterocycles. The van der Waals surface area contributed by atoms with Crippen molar-refractivity contribution in [3.05, 3.63) is 40.5 Å². The summed E-state index contributed by atoms with van der Waals surface area (Å²) in [6.07, 6.45) is 8.58. The van der Waals surface area contributed by atoms with Gasteiger partial charge in [0.25, 0.3) is 5.91 Å². The molecule has 1 N–H and O–H groups in total. The maximum Gasteiger partial charge on any atom is 0.254 e. The summed E-state index contributed by atoms with van der Waals surface area (Å²) in [5.74, 6) is 0.0689. The van der Waals surface area contributed by atoms with Crippen LogP contribution < -0.4 is 5.32 Å². The second kappa shape index (κ2) is 7.78. The fourth-order valence-corrected chi connectivity index (χ4v) is 5.46. The van der Waals surface area contributed by atoms with E-state index < -0.39 is 0 Å². The molecule has 1 aliphatic heterocycles. The topological polar surface area (TPSA) is 46.5 Å². The minimum absolute atomic E-state index is 0.0689. The Morgan fingerprint density at radius 3 is 2.63 bits per heavy atom. The first-order valence-electron chi connectivity index (χ1n) is 9.95. The number of nitrogens with zero attached hydrogens (tertiary/aromatic N) is 2. The Labute approximate surface area is 165 Å². The summed E-state index contributed by atoms with van der Waals surface area (Å²) in [7, 11) is 0. The van der Waals surface area contributed by atoms with Crippen LogP contribution in [0.4, 0.5) is 0 Å². The predicted molar refractivity (Wildman–Crippen MR) is 109 cm³/mol. The van der Waals surface area contributed by atoms with Gasteiger partial charge in [-0.2, -0.15) is 0 Å². The van der Waals surface area contributed by atoms with E-state index in [1.165, 1.54) is 23.3 Å². The minimum Gasteiger partial charge on any atom is -0.379 e. The molecule has 146 valence electrons. The smallest absolute Gasteiger partial charge is 0.254 e. The highest BCUT2D eigenvalue weighted by atomic mass is 32.1. The standard InChI is InChI=1S/C21H29N3O2S/c1-21(2,24-11-13-26-14-12-24)15-22-19(25)18-16-7-3-4-8-17(16)27-20(18)23-9-5-6-10-23/h5-6,9-10H,3-4,7-8,11-15H2,1-2H3,(H,22,25). The number of nitrogens with one attached hydrogen (secondary N) is 1. The molecule has 2 aromatic rings. The third kappa shape index (κ3) is 3.84. The molecule has 6 heteroatoms. The molecule has 1 amide bonds. The van der Waals surface area contributed by atoms with Crippen LogP contribution in [-0.4, -0.2) is 53.8 Å². The lowest BCUT2D eigenvalue weighted by molar-refractivity contribution is -0.00923. The lowest BCUT2D eigenvalue weighted by atomic mass is 9.95. The monoisotopic (exact) mass is 387 g/mol. The summed E-state index contributed by atoms with van der Waals surface area (Å²) in [6, 6.07) is 4.03. The van der Waals surface area contributed by atoms with Crippen LogP contribution in [-0.2, 0) is 17.6 Å². The number of morpholine rings is 1. The number of hydrogen-bond acceptors (Lipinski definition) is 4. The molecule has 2 aliphatic rings. The van der Waals surface area contributed by atoms with Crippen LogP contribution in [0.15, 0.2) is 24.5 Å². The first-order valence-corrected chi connectivity index (χ1v) is 10.8. The van der Waals surface area contributed by atoms with Gasteiger partial charge in [0.05, 0.1) is 18.8 Å². The van der Waals surface area contributed by atoms with E-state index in [0.717, 1.165) is 49.7 Å². The van der Waals surface area contributed by atoms with Crippen LogP contribution >= 0.6 is 11.3 Å². The van der Waals surface area contributed by atoms with E-state index in [0.29, 0.717) is 6.54 Å². The zero-order valence-electron chi connectivity index (χ0n) is 16.3. The molecular weight excluding hydrogens is 358 g/mol. The molecule has 5 nitrogen and oxygen atoms in total. The molecule has 4 rings (SSSR count). The van der Waals surface area contributed by atoms with Crippen LogP contribution in [0.25, 0.3) is 5.00 Å². The molecule has 2 aromatic heterocycles. The van der Waals surface area contributed by atoms with Gasteiger partial charge < -0.3 is 14.6 Å². The van der Waals surface area contributed by atoms with Crippen molar-refractivity contribution in [3.8, 4) is 5.00 Å². The molecule has 1 fully saturated rings. The van der Waals surface area contributed by atoms with Gasteiger partial charge in [0.15, 0.2) is 0 Å². The quantitative estimate of drug-likeness (QED) is 0.857. The second-order valence-corrected chi connectivity index (χ2v) is 9.16. The average molecular weight is 388 g/mol. The van der Waals surface area contributed by atoms with Crippen LogP contribution in [0.5, 0.6) is 0 Å². The summed E-state index contributed by atoms with van der Waals surface area (Å²) >= 11 is 1.78. The van der Waals surface area contributed by atoms with Crippen molar-refractivity contribution < 1.29 is 9.53 Å². The number of ether oxygens (including phenoxy) is 1. The van der Waals surface area contributed by atoms with Crippen molar-refractivity contribution >= 4 is 17.2 Å². The molecule has 27 heavy (non-hydrogen) atoms. The fourth-order valence-electron chi connectivity index (χ4n) is 4.10.